The number of amides is 1. The molecule has 1 amide bonds. The molecule has 0 bridgehead atoms. The predicted molar refractivity (Wildman–Crippen MR) is 116 cm³/mol. The number of aromatic nitrogens is 2. The van der Waals surface area contributed by atoms with Crippen LogP contribution in [0.1, 0.15) is 21.6 Å². The minimum Gasteiger partial charge on any atom is -0.291 e. The van der Waals surface area contributed by atoms with Gasteiger partial charge in [0.2, 0.25) is 5.17 Å². The Morgan fingerprint density at radius 1 is 0.967 bits per heavy atom. The molecule has 4 rings (SSSR count). The van der Waals surface area contributed by atoms with Crippen LogP contribution in [0.15, 0.2) is 89.5 Å². The van der Waals surface area contributed by atoms with Gasteiger partial charge in [-0.1, -0.05) is 34.9 Å². The van der Waals surface area contributed by atoms with Crippen LogP contribution in [0.4, 0.5) is 0 Å². The van der Waals surface area contributed by atoms with Crippen LogP contribution in [0, 0.1) is 0 Å². The maximum absolute atomic E-state index is 12.8. The summed E-state index contributed by atoms with van der Waals surface area (Å²) in [5.41, 5.74) is 1.96. The molecule has 1 atom stereocenters. The molecule has 0 aliphatic carbocycles. The lowest BCUT2D eigenvalue weighted by Gasteiger charge is -2.38. The summed E-state index contributed by atoms with van der Waals surface area (Å²) in [5, 5.41) is 12.1. The summed E-state index contributed by atoms with van der Waals surface area (Å²) in [5.74, 6) is -0.323. The molecule has 1 aliphatic heterocycles. The van der Waals surface area contributed by atoms with E-state index in [9.17, 15) is 4.79 Å². The smallest absolute Gasteiger partial charge is 0.257 e. The van der Waals surface area contributed by atoms with Crippen molar-refractivity contribution in [2.24, 2.45) is 10.2 Å². The van der Waals surface area contributed by atoms with Crippen LogP contribution in [0.25, 0.3) is 0 Å². The molecule has 0 fully saturated rings. The molecule has 2 aromatic heterocycles. The van der Waals surface area contributed by atoms with Gasteiger partial charge >= 0.3 is 0 Å². The molecular formula is C21H19N5O3S. The van der Waals surface area contributed by atoms with E-state index in [1.165, 1.54) is 7.11 Å². The zero-order valence-electron chi connectivity index (χ0n) is 16.1. The Hall–Kier alpha value is -3.40. The summed E-state index contributed by atoms with van der Waals surface area (Å²) in [4.78, 5) is 21.1. The number of benzene rings is 1. The number of rotatable bonds is 6. The van der Waals surface area contributed by atoms with Crippen LogP contribution in [0.2, 0.25) is 0 Å². The summed E-state index contributed by atoms with van der Waals surface area (Å²) in [6, 6.07) is 18.0. The number of hydrogen-bond acceptors (Lipinski definition) is 7. The van der Waals surface area contributed by atoms with Gasteiger partial charge in [-0.25, -0.2) is 0 Å². The zero-order valence-corrected chi connectivity index (χ0v) is 17.0. The topological polar surface area (TPSA) is 98.1 Å². The molecular weight excluding hydrogens is 402 g/mol. The third-order valence-corrected chi connectivity index (χ3v) is 6.70. The third kappa shape index (κ3) is 3.99. The van der Waals surface area contributed by atoms with Crippen LogP contribution in [0.5, 0.6) is 0 Å². The third-order valence-electron chi connectivity index (χ3n) is 4.26. The highest BCUT2D eigenvalue weighted by molar-refractivity contribution is 8.49. The Kier molecular flexibility index (Phi) is 5.94. The summed E-state index contributed by atoms with van der Waals surface area (Å²) in [7, 11) is -1.12. The van der Waals surface area contributed by atoms with Crippen molar-refractivity contribution in [3.8, 4) is 0 Å². The van der Waals surface area contributed by atoms with E-state index in [4.69, 9.17) is 8.37 Å². The van der Waals surface area contributed by atoms with E-state index in [0.29, 0.717) is 10.6 Å². The van der Waals surface area contributed by atoms with Crippen molar-refractivity contribution in [2.75, 3.05) is 7.11 Å². The Morgan fingerprint density at radius 2 is 1.73 bits per heavy atom. The Labute approximate surface area is 175 Å². The SMILES string of the molecule is COS1(OCc2ccccn2)C(NC(=O)c2ccccc2)=NN=C1c1ccncc1. The fraction of sp³-hybridized carbons (Fsp3) is 0.0952. The van der Waals surface area contributed by atoms with Gasteiger partial charge in [0, 0.05) is 29.7 Å². The first-order valence-corrected chi connectivity index (χ1v) is 10.6. The highest BCUT2D eigenvalue weighted by Crippen LogP contribution is 2.56. The summed E-state index contributed by atoms with van der Waals surface area (Å²) < 4.78 is 12.1. The number of nitrogens with one attached hydrogen (secondary N) is 1. The summed E-state index contributed by atoms with van der Waals surface area (Å²) >= 11 is 0. The number of pyridine rings is 2. The van der Waals surface area contributed by atoms with Gasteiger partial charge < -0.3 is 0 Å². The van der Waals surface area contributed by atoms with E-state index in [2.05, 4.69) is 25.5 Å². The summed E-state index contributed by atoms with van der Waals surface area (Å²) in [6.45, 7) is 0.161. The predicted octanol–water partition coefficient (Wildman–Crippen LogP) is 3.44. The molecule has 0 saturated heterocycles. The molecule has 3 aromatic rings. The Balaban J connectivity index is 1.65. The molecule has 30 heavy (non-hydrogen) atoms. The van der Waals surface area contributed by atoms with Crippen LogP contribution in [0.3, 0.4) is 0 Å². The van der Waals surface area contributed by atoms with Crippen molar-refractivity contribution >= 4 is 26.7 Å². The first kappa shape index (κ1) is 19.9. The molecule has 9 heteroatoms. The molecule has 152 valence electrons. The normalized spacial score (nSPS) is 20.0. The van der Waals surface area contributed by atoms with Crippen molar-refractivity contribution in [3.63, 3.8) is 0 Å². The zero-order chi connectivity index (χ0) is 20.8. The molecule has 0 radical (unpaired) electrons. The lowest BCUT2D eigenvalue weighted by molar-refractivity contribution is 0.0977. The highest BCUT2D eigenvalue weighted by atomic mass is 32.3. The molecule has 3 heterocycles. The van der Waals surface area contributed by atoms with Crippen molar-refractivity contribution in [3.05, 3.63) is 96.1 Å². The van der Waals surface area contributed by atoms with E-state index < -0.39 is 10.6 Å². The van der Waals surface area contributed by atoms with E-state index in [1.54, 1.807) is 55.0 Å². The van der Waals surface area contributed by atoms with Gasteiger partial charge in [-0.15, -0.1) is 10.2 Å². The Morgan fingerprint density at radius 3 is 2.43 bits per heavy atom. The largest absolute Gasteiger partial charge is 0.291 e. The molecule has 8 nitrogen and oxygen atoms in total. The Bertz CT molecular complexity index is 1080. The van der Waals surface area contributed by atoms with Gasteiger partial charge in [-0.05, 0) is 36.4 Å². The number of hydrogen-bond donors (Lipinski definition) is 1. The minimum absolute atomic E-state index is 0.161. The summed E-state index contributed by atoms with van der Waals surface area (Å²) in [6.07, 6.45) is 4.99. The fourth-order valence-electron chi connectivity index (χ4n) is 2.79. The number of carbonyl (C=O) groups excluding carboxylic acids is 1. The van der Waals surface area contributed by atoms with Gasteiger partial charge in [0.15, 0.2) is 5.04 Å². The van der Waals surface area contributed by atoms with E-state index in [0.717, 1.165) is 11.3 Å². The monoisotopic (exact) mass is 421 g/mol. The second-order valence-corrected chi connectivity index (χ2v) is 8.47. The van der Waals surface area contributed by atoms with Gasteiger partial charge in [-0.3, -0.25) is 28.4 Å². The van der Waals surface area contributed by atoms with E-state index in [-0.39, 0.29) is 17.7 Å². The van der Waals surface area contributed by atoms with E-state index in [1.807, 2.05) is 24.3 Å². The maximum atomic E-state index is 12.8. The van der Waals surface area contributed by atoms with Gasteiger partial charge in [0.1, 0.15) is 6.61 Å². The van der Waals surface area contributed by atoms with Crippen molar-refractivity contribution in [2.45, 2.75) is 6.61 Å². The molecule has 0 spiro atoms. The van der Waals surface area contributed by atoms with Gasteiger partial charge in [-0.2, -0.15) is 0 Å². The minimum atomic E-state index is -2.63. The number of nitrogens with zero attached hydrogens (tertiary/aromatic N) is 4. The van der Waals surface area contributed by atoms with Crippen LogP contribution >= 0.6 is 10.6 Å². The lowest BCUT2D eigenvalue weighted by atomic mass is 10.2. The molecule has 0 saturated carbocycles. The average Bonchev–Trinajstić information content (AvgIpc) is 3.17. The second kappa shape index (κ2) is 8.95. The number of amidine groups is 1. The highest BCUT2D eigenvalue weighted by Gasteiger charge is 2.40. The van der Waals surface area contributed by atoms with Crippen molar-refractivity contribution < 1.29 is 13.2 Å². The molecule has 1 N–H and O–H groups in total. The fourth-order valence-corrected chi connectivity index (χ4v) is 4.87. The lowest BCUT2D eigenvalue weighted by Crippen LogP contribution is -2.36. The molecule has 1 aromatic carbocycles. The second-order valence-electron chi connectivity index (χ2n) is 6.12. The standard InChI is InChI=1S/C21H19N5O3S/c1-28-30(29-15-18-9-5-6-12-23-18)20(17-10-13-22-14-11-17)25-26-21(30)24-19(27)16-7-3-2-4-8-16/h2-14H,15H2,1H3,(H,24,26,27). The van der Waals surface area contributed by atoms with Crippen LogP contribution in [-0.2, 0) is 15.0 Å². The first-order chi connectivity index (χ1) is 14.7. The van der Waals surface area contributed by atoms with Crippen LogP contribution in [-0.4, -0.2) is 33.2 Å². The number of carbonyl (C=O) groups is 1. The first-order valence-electron chi connectivity index (χ1n) is 9.08. The quantitative estimate of drug-likeness (QED) is 0.657. The van der Waals surface area contributed by atoms with Crippen molar-refractivity contribution in [1.29, 1.82) is 0 Å². The molecule has 1 aliphatic rings. The van der Waals surface area contributed by atoms with Gasteiger partial charge in [0.05, 0.1) is 12.8 Å². The maximum Gasteiger partial charge on any atom is 0.257 e. The van der Waals surface area contributed by atoms with Gasteiger partial charge in [0.25, 0.3) is 5.91 Å². The average molecular weight is 421 g/mol. The van der Waals surface area contributed by atoms with Crippen LogP contribution < -0.4 is 5.32 Å². The van der Waals surface area contributed by atoms with E-state index >= 15 is 0 Å². The molecule has 1 unspecified atom stereocenters. The van der Waals surface area contributed by atoms with Crippen molar-refractivity contribution in [1.82, 2.24) is 15.3 Å².